The van der Waals surface area contributed by atoms with Gasteiger partial charge >= 0.3 is 0 Å². The first kappa shape index (κ1) is 18.2. The normalized spacial score (nSPS) is 22.7. The highest BCUT2D eigenvalue weighted by Crippen LogP contribution is 2.25. The van der Waals surface area contributed by atoms with Crippen LogP contribution >= 0.6 is 11.6 Å². The van der Waals surface area contributed by atoms with Crippen molar-refractivity contribution in [3.05, 3.63) is 34.9 Å². The molecule has 2 rings (SSSR count). The number of hydrogen-bond donors (Lipinski definition) is 4. The molecule has 0 aliphatic carbocycles. The number of halogens is 1. The van der Waals surface area contributed by atoms with E-state index in [1.54, 1.807) is 0 Å². The molecule has 7 nitrogen and oxygen atoms in total. The summed E-state index contributed by atoms with van der Waals surface area (Å²) in [4.78, 5) is 12.0. The van der Waals surface area contributed by atoms with Gasteiger partial charge in [0.1, 0.15) is 0 Å². The van der Waals surface area contributed by atoms with Gasteiger partial charge in [0.15, 0.2) is 0 Å². The lowest BCUT2D eigenvalue weighted by atomic mass is 9.95. The SMILES string of the molecule is CC(NS(C)(=O)=O)C(=O)NCC1CNNC1c1ccc(Cl)cc1. The Kier molecular flexibility index (Phi) is 5.99. The van der Waals surface area contributed by atoms with Gasteiger partial charge < -0.3 is 5.32 Å². The first-order chi connectivity index (χ1) is 10.8. The number of hydrogen-bond acceptors (Lipinski definition) is 5. The van der Waals surface area contributed by atoms with Crippen LogP contribution in [0.5, 0.6) is 0 Å². The highest BCUT2D eigenvalue weighted by Gasteiger charge is 2.29. The highest BCUT2D eigenvalue weighted by atomic mass is 35.5. The van der Waals surface area contributed by atoms with Gasteiger partial charge in [-0.2, -0.15) is 0 Å². The number of hydrazine groups is 1. The minimum absolute atomic E-state index is 0.0470. The number of carbonyl (C=O) groups is 1. The van der Waals surface area contributed by atoms with E-state index in [4.69, 9.17) is 11.6 Å². The topological polar surface area (TPSA) is 99.3 Å². The second kappa shape index (κ2) is 7.59. The number of carbonyl (C=O) groups excluding carboxylic acids is 1. The van der Waals surface area contributed by atoms with Gasteiger partial charge in [-0.15, -0.1) is 0 Å². The molecular formula is C14H21ClN4O3S. The van der Waals surface area contributed by atoms with E-state index in [-0.39, 0.29) is 17.9 Å². The van der Waals surface area contributed by atoms with Gasteiger partial charge in [-0.25, -0.2) is 18.6 Å². The fourth-order valence-electron chi connectivity index (χ4n) is 2.51. The van der Waals surface area contributed by atoms with Crippen LogP contribution in [0.25, 0.3) is 0 Å². The summed E-state index contributed by atoms with van der Waals surface area (Å²) in [6.45, 7) is 2.64. The molecule has 1 aromatic carbocycles. The van der Waals surface area contributed by atoms with Crippen molar-refractivity contribution in [2.75, 3.05) is 19.3 Å². The number of nitrogens with one attached hydrogen (secondary N) is 4. The summed E-state index contributed by atoms with van der Waals surface area (Å²) < 4.78 is 24.6. The van der Waals surface area contributed by atoms with Crippen LogP contribution in [-0.2, 0) is 14.8 Å². The lowest BCUT2D eigenvalue weighted by Gasteiger charge is -2.20. The predicted molar refractivity (Wildman–Crippen MR) is 89.3 cm³/mol. The number of amides is 1. The van der Waals surface area contributed by atoms with Crippen LogP contribution in [0.4, 0.5) is 0 Å². The Bertz CT molecular complexity index is 650. The molecule has 1 saturated heterocycles. The Hall–Kier alpha value is -1.19. The molecule has 1 aliphatic rings. The van der Waals surface area contributed by atoms with E-state index in [1.165, 1.54) is 6.92 Å². The zero-order valence-electron chi connectivity index (χ0n) is 13.0. The molecular weight excluding hydrogens is 340 g/mol. The quantitative estimate of drug-likeness (QED) is 0.579. The first-order valence-electron chi connectivity index (χ1n) is 7.25. The zero-order valence-corrected chi connectivity index (χ0v) is 14.5. The first-order valence-corrected chi connectivity index (χ1v) is 9.52. The summed E-state index contributed by atoms with van der Waals surface area (Å²) in [6, 6.07) is 6.77. The van der Waals surface area contributed by atoms with E-state index in [2.05, 4.69) is 20.9 Å². The molecule has 23 heavy (non-hydrogen) atoms. The third kappa shape index (κ3) is 5.43. The van der Waals surface area contributed by atoms with Gasteiger partial charge in [-0.05, 0) is 24.6 Å². The molecule has 0 spiro atoms. The van der Waals surface area contributed by atoms with Crippen molar-refractivity contribution < 1.29 is 13.2 Å². The van der Waals surface area contributed by atoms with Crippen LogP contribution in [-0.4, -0.2) is 39.7 Å². The number of benzene rings is 1. The smallest absolute Gasteiger partial charge is 0.237 e. The molecule has 1 aliphatic heterocycles. The third-order valence-electron chi connectivity index (χ3n) is 3.64. The van der Waals surface area contributed by atoms with Gasteiger partial charge in [-0.1, -0.05) is 23.7 Å². The Labute approximate surface area is 141 Å². The third-order valence-corrected chi connectivity index (χ3v) is 4.68. The maximum Gasteiger partial charge on any atom is 0.237 e. The highest BCUT2D eigenvalue weighted by molar-refractivity contribution is 7.88. The second-order valence-electron chi connectivity index (χ2n) is 5.67. The summed E-state index contributed by atoms with van der Waals surface area (Å²) in [5, 5.41) is 3.46. The molecule has 1 aromatic rings. The molecule has 3 atom stereocenters. The van der Waals surface area contributed by atoms with Crippen molar-refractivity contribution in [1.29, 1.82) is 0 Å². The molecule has 9 heteroatoms. The molecule has 1 fully saturated rings. The number of sulfonamides is 1. The number of rotatable bonds is 6. The van der Waals surface area contributed by atoms with Crippen LogP contribution in [0, 0.1) is 5.92 Å². The molecule has 0 radical (unpaired) electrons. The average molecular weight is 361 g/mol. The molecule has 128 valence electrons. The van der Waals surface area contributed by atoms with Crippen molar-refractivity contribution in [2.24, 2.45) is 5.92 Å². The van der Waals surface area contributed by atoms with Crippen molar-refractivity contribution in [3.8, 4) is 0 Å². The van der Waals surface area contributed by atoms with Crippen molar-refractivity contribution in [1.82, 2.24) is 20.9 Å². The van der Waals surface area contributed by atoms with E-state index in [0.29, 0.717) is 18.1 Å². The summed E-state index contributed by atoms with van der Waals surface area (Å²) in [5.41, 5.74) is 7.33. The van der Waals surface area contributed by atoms with Gasteiger partial charge in [0.2, 0.25) is 15.9 Å². The molecule has 0 bridgehead atoms. The molecule has 1 amide bonds. The van der Waals surface area contributed by atoms with Crippen molar-refractivity contribution in [3.63, 3.8) is 0 Å². The Morgan fingerprint density at radius 1 is 1.39 bits per heavy atom. The molecule has 0 saturated carbocycles. The summed E-state index contributed by atoms with van der Waals surface area (Å²) in [6.07, 6.45) is 1.03. The average Bonchev–Trinajstić information content (AvgIpc) is 2.92. The molecule has 3 unspecified atom stereocenters. The van der Waals surface area contributed by atoms with E-state index >= 15 is 0 Å². The fraction of sp³-hybridized carbons (Fsp3) is 0.500. The molecule has 4 N–H and O–H groups in total. The largest absolute Gasteiger partial charge is 0.354 e. The van der Waals surface area contributed by atoms with E-state index < -0.39 is 16.1 Å². The lowest BCUT2D eigenvalue weighted by molar-refractivity contribution is -0.122. The fourth-order valence-corrected chi connectivity index (χ4v) is 3.39. The second-order valence-corrected chi connectivity index (χ2v) is 7.89. The zero-order chi connectivity index (χ0) is 17.0. The molecule has 0 aromatic heterocycles. The van der Waals surface area contributed by atoms with Crippen LogP contribution < -0.4 is 20.9 Å². The van der Waals surface area contributed by atoms with Crippen LogP contribution in [0.3, 0.4) is 0 Å². The predicted octanol–water partition coefficient (Wildman–Crippen LogP) is 0.159. The van der Waals surface area contributed by atoms with Crippen molar-refractivity contribution in [2.45, 2.75) is 19.0 Å². The monoisotopic (exact) mass is 360 g/mol. The molecule has 1 heterocycles. The Balaban J connectivity index is 1.91. The maximum absolute atomic E-state index is 12.0. The standard InChI is InChI=1S/C14H21ClN4O3S/c1-9(19-23(2,21)22)14(20)16-7-11-8-17-18-13(11)10-3-5-12(15)6-4-10/h3-6,9,11,13,17-19H,7-8H2,1-2H3,(H,16,20). The van der Waals surface area contributed by atoms with Crippen LogP contribution in [0.15, 0.2) is 24.3 Å². The Morgan fingerprint density at radius 3 is 2.65 bits per heavy atom. The van der Waals surface area contributed by atoms with E-state index in [0.717, 1.165) is 11.8 Å². The lowest BCUT2D eigenvalue weighted by Crippen LogP contribution is -2.46. The minimum atomic E-state index is -3.41. The summed E-state index contributed by atoms with van der Waals surface area (Å²) >= 11 is 5.90. The van der Waals surface area contributed by atoms with E-state index in [9.17, 15) is 13.2 Å². The van der Waals surface area contributed by atoms with Crippen LogP contribution in [0.2, 0.25) is 5.02 Å². The van der Waals surface area contributed by atoms with Gasteiger partial charge in [-0.3, -0.25) is 10.2 Å². The summed E-state index contributed by atoms with van der Waals surface area (Å²) in [5.74, 6) is -0.206. The minimum Gasteiger partial charge on any atom is -0.354 e. The Morgan fingerprint density at radius 2 is 2.04 bits per heavy atom. The van der Waals surface area contributed by atoms with Gasteiger partial charge in [0, 0.05) is 24.0 Å². The van der Waals surface area contributed by atoms with E-state index in [1.807, 2.05) is 24.3 Å². The van der Waals surface area contributed by atoms with Gasteiger partial charge in [0.05, 0.1) is 18.3 Å². The maximum atomic E-state index is 12.0. The van der Waals surface area contributed by atoms with Crippen LogP contribution in [0.1, 0.15) is 18.5 Å². The van der Waals surface area contributed by atoms with Gasteiger partial charge in [0.25, 0.3) is 0 Å². The van der Waals surface area contributed by atoms with Crippen molar-refractivity contribution >= 4 is 27.5 Å². The summed E-state index contributed by atoms with van der Waals surface area (Å²) in [7, 11) is -3.41.